The number of hydrazine groups is 1. The van der Waals surface area contributed by atoms with Gasteiger partial charge in [0.15, 0.2) is 0 Å². The van der Waals surface area contributed by atoms with Crippen LogP contribution < -0.4 is 25.5 Å². The summed E-state index contributed by atoms with van der Waals surface area (Å²) in [5, 5.41) is 0. The lowest BCUT2D eigenvalue weighted by atomic mass is 10.1. The Balaban J connectivity index is 0.00000225. The Kier molecular flexibility index (Phi) is 6.64. The highest BCUT2D eigenvalue weighted by atomic mass is 35.5. The third-order valence-electron chi connectivity index (χ3n) is 2.10. The maximum Gasteiger partial charge on any atom is 0.130 e. The minimum Gasteiger partial charge on any atom is -0.496 e. The second-order valence-electron chi connectivity index (χ2n) is 2.89. The van der Waals surface area contributed by atoms with Crippen molar-refractivity contribution in [3.8, 4) is 17.2 Å². The molecule has 0 aliphatic rings. The van der Waals surface area contributed by atoms with Crippen molar-refractivity contribution < 1.29 is 14.2 Å². The van der Waals surface area contributed by atoms with Crippen molar-refractivity contribution in [3.63, 3.8) is 0 Å². The number of benzene rings is 1. The SMILES string of the molecule is COc1cc(OC)c(CNN)c(OC)c1.Cl. The molecule has 1 aromatic rings. The Morgan fingerprint density at radius 3 is 1.88 bits per heavy atom. The first kappa shape index (κ1) is 14.8. The summed E-state index contributed by atoms with van der Waals surface area (Å²) in [7, 11) is 4.78. The third kappa shape index (κ3) is 3.16. The lowest BCUT2D eigenvalue weighted by molar-refractivity contribution is 0.367. The van der Waals surface area contributed by atoms with Crippen LogP contribution in [0, 0.1) is 0 Å². The van der Waals surface area contributed by atoms with Gasteiger partial charge < -0.3 is 14.2 Å². The summed E-state index contributed by atoms with van der Waals surface area (Å²) in [6.07, 6.45) is 0. The Morgan fingerprint density at radius 1 is 1.06 bits per heavy atom. The molecule has 0 atom stereocenters. The van der Waals surface area contributed by atoms with Gasteiger partial charge in [-0.05, 0) is 0 Å². The lowest BCUT2D eigenvalue weighted by Gasteiger charge is -2.14. The topological polar surface area (TPSA) is 65.7 Å². The highest BCUT2D eigenvalue weighted by molar-refractivity contribution is 5.85. The van der Waals surface area contributed by atoms with E-state index < -0.39 is 0 Å². The largest absolute Gasteiger partial charge is 0.496 e. The van der Waals surface area contributed by atoms with Crippen molar-refractivity contribution in [2.45, 2.75) is 6.54 Å². The molecule has 3 N–H and O–H groups in total. The number of halogens is 1. The molecule has 0 radical (unpaired) electrons. The molecule has 0 aromatic heterocycles. The van der Waals surface area contributed by atoms with Gasteiger partial charge >= 0.3 is 0 Å². The normalized spacial score (nSPS) is 9.25. The van der Waals surface area contributed by atoms with Crippen LogP contribution in [0.5, 0.6) is 17.2 Å². The predicted octanol–water partition coefficient (Wildman–Crippen LogP) is 1.10. The van der Waals surface area contributed by atoms with E-state index in [-0.39, 0.29) is 12.4 Å². The maximum atomic E-state index is 5.29. The first-order chi connectivity index (χ1) is 7.26. The van der Waals surface area contributed by atoms with Gasteiger partial charge in [0, 0.05) is 18.7 Å². The quantitative estimate of drug-likeness (QED) is 0.603. The summed E-state index contributed by atoms with van der Waals surface area (Å²) in [6.45, 7) is 0.469. The highest BCUT2D eigenvalue weighted by Crippen LogP contribution is 2.33. The van der Waals surface area contributed by atoms with Crippen LogP contribution in [-0.2, 0) is 6.54 Å². The molecule has 0 aliphatic carbocycles. The van der Waals surface area contributed by atoms with Crippen LogP contribution in [0.2, 0.25) is 0 Å². The van der Waals surface area contributed by atoms with Crippen molar-refractivity contribution in [2.75, 3.05) is 21.3 Å². The number of hydrogen-bond donors (Lipinski definition) is 2. The van der Waals surface area contributed by atoms with Crippen LogP contribution in [0.1, 0.15) is 5.56 Å². The molecule has 0 spiro atoms. The van der Waals surface area contributed by atoms with Crippen molar-refractivity contribution in [2.24, 2.45) is 5.84 Å². The minimum atomic E-state index is 0. The molecule has 0 fully saturated rings. The van der Waals surface area contributed by atoms with Crippen LogP contribution in [-0.4, -0.2) is 21.3 Å². The number of ether oxygens (including phenoxy) is 3. The summed E-state index contributed by atoms with van der Waals surface area (Å²) in [6, 6.07) is 3.57. The molecule has 1 rings (SSSR count). The van der Waals surface area contributed by atoms with Crippen molar-refractivity contribution in [1.82, 2.24) is 5.43 Å². The Morgan fingerprint density at radius 2 is 1.56 bits per heavy atom. The van der Waals surface area contributed by atoms with Crippen LogP contribution in [0.25, 0.3) is 0 Å². The smallest absolute Gasteiger partial charge is 0.130 e. The molecule has 0 saturated heterocycles. The lowest BCUT2D eigenvalue weighted by Crippen LogP contribution is -2.21. The molecular weight excluding hydrogens is 232 g/mol. The van der Waals surface area contributed by atoms with Crippen LogP contribution in [0.3, 0.4) is 0 Å². The van der Waals surface area contributed by atoms with E-state index in [2.05, 4.69) is 5.43 Å². The molecule has 0 amide bonds. The summed E-state index contributed by atoms with van der Waals surface area (Å²) >= 11 is 0. The van der Waals surface area contributed by atoms with Crippen LogP contribution >= 0.6 is 12.4 Å². The molecule has 0 saturated carbocycles. The number of hydrogen-bond acceptors (Lipinski definition) is 5. The van der Waals surface area contributed by atoms with Gasteiger partial charge in [0.25, 0.3) is 0 Å². The summed E-state index contributed by atoms with van der Waals surface area (Å²) in [4.78, 5) is 0. The minimum absolute atomic E-state index is 0. The zero-order valence-electron chi connectivity index (χ0n) is 9.57. The second-order valence-corrected chi connectivity index (χ2v) is 2.89. The molecule has 0 unspecified atom stereocenters. The average Bonchev–Trinajstić information content (AvgIpc) is 2.29. The Labute approximate surface area is 101 Å². The van der Waals surface area contributed by atoms with Crippen LogP contribution in [0.4, 0.5) is 0 Å². The number of nitrogens with one attached hydrogen (secondary N) is 1. The fourth-order valence-electron chi connectivity index (χ4n) is 1.35. The van der Waals surface area contributed by atoms with Crippen molar-refractivity contribution in [3.05, 3.63) is 17.7 Å². The van der Waals surface area contributed by atoms with E-state index in [1.165, 1.54) is 0 Å². The van der Waals surface area contributed by atoms with Gasteiger partial charge in [0.2, 0.25) is 0 Å². The fraction of sp³-hybridized carbons (Fsp3) is 0.400. The van der Waals surface area contributed by atoms with Gasteiger partial charge in [0.1, 0.15) is 17.2 Å². The first-order valence-electron chi connectivity index (χ1n) is 4.49. The van der Waals surface area contributed by atoms with Gasteiger partial charge in [-0.15, -0.1) is 12.4 Å². The van der Waals surface area contributed by atoms with E-state index in [1.807, 2.05) is 0 Å². The van der Waals surface area contributed by atoms with Gasteiger partial charge in [-0.1, -0.05) is 0 Å². The van der Waals surface area contributed by atoms with E-state index in [4.69, 9.17) is 20.1 Å². The van der Waals surface area contributed by atoms with E-state index in [0.717, 1.165) is 5.56 Å². The molecule has 0 heterocycles. The summed E-state index contributed by atoms with van der Waals surface area (Å²) < 4.78 is 15.6. The van der Waals surface area contributed by atoms with E-state index >= 15 is 0 Å². The number of rotatable bonds is 5. The predicted molar refractivity (Wildman–Crippen MR) is 64.4 cm³/mol. The molecule has 0 aliphatic heterocycles. The Bertz CT molecular complexity index is 309. The standard InChI is InChI=1S/C10H16N2O3.ClH/c1-13-7-4-9(14-2)8(6-12-11)10(5-7)15-3;/h4-5,12H,6,11H2,1-3H3;1H. The molecule has 16 heavy (non-hydrogen) atoms. The number of nitrogens with two attached hydrogens (primary N) is 1. The van der Waals surface area contributed by atoms with Gasteiger partial charge in [-0.3, -0.25) is 11.3 Å². The average molecular weight is 249 g/mol. The maximum absolute atomic E-state index is 5.29. The third-order valence-corrected chi connectivity index (χ3v) is 2.10. The molecular formula is C10H17ClN2O3. The molecule has 0 bridgehead atoms. The van der Waals surface area contributed by atoms with Gasteiger partial charge in [-0.25, -0.2) is 0 Å². The molecule has 1 aromatic carbocycles. The summed E-state index contributed by atoms with van der Waals surface area (Å²) in [5.74, 6) is 7.34. The van der Waals surface area contributed by atoms with Crippen molar-refractivity contribution >= 4 is 12.4 Å². The van der Waals surface area contributed by atoms with Gasteiger partial charge in [-0.2, -0.15) is 0 Å². The van der Waals surface area contributed by atoms with E-state index in [9.17, 15) is 0 Å². The summed E-state index contributed by atoms with van der Waals surface area (Å²) in [5.41, 5.74) is 3.43. The zero-order chi connectivity index (χ0) is 11.3. The first-order valence-corrected chi connectivity index (χ1v) is 4.49. The monoisotopic (exact) mass is 248 g/mol. The zero-order valence-corrected chi connectivity index (χ0v) is 10.4. The molecule has 92 valence electrons. The fourth-order valence-corrected chi connectivity index (χ4v) is 1.35. The van der Waals surface area contributed by atoms with Crippen molar-refractivity contribution in [1.29, 1.82) is 0 Å². The molecule has 6 heteroatoms. The van der Waals surface area contributed by atoms with Gasteiger partial charge in [0.05, 0.1) is 26.9 Å². The molecule has 5 nitrogen and oxygen atoms in total. The highest BCUT2D eigenvalue weighted by Gasteiger charge is 2.11. The van der Waals surface area contributed by atoms with E-state index in [1.54, 1.807) is 33.5 Å². The van der Waals surface area contributed by atoms with Crippen LogP contribution in [0.15, 0.2) is 12.1 Å². The number of methoxy groups -OCH3 is 3. The Hall–Kier alpha value is -1.17. The second kappa shape index (κ2) is 7.16. The van der Waals surface area contributed by atoms with E-state index in [0.29, 0.717) is 23.8 Å².